The second kappa shape index (κ2) is 9.33. The van der Waals surface area contributed by atoms with Gasteiger partial charge in [0.1, 0.15) is 0 Å². The van der Waals surface area contributed by atoms with Crippen molar-refractivity contribution >= 4 is 17.5 Å². The lowest BCUT2D eigenvalue weighted by Gasteiger charge is -2.22. The van der Waals surface area contributed by atoms with Gasteiger partial charge in [-0.15, -0.1) is 6.58 Å². The summed E-state index contributed by atoms with van der Waals surface area (Å²) in [6, 6.07) is 11.9. The number of amides is 1. The van der Waals surface area contributed by atoms with Crippen molar-refractivity contribution in [1.29, 1.82) is 0 Å². The van der Waals surface area contributed by atoms with E-state index in [2.05, 4.69) is 24.1 Å². The Bertz CT molecular complexity index is 678. The zero-order valence-electron chi connectivity index (χ0n) is 14.2. The van der Waals surface area contributed by atoms with E-state index in [0.717, 1.165) is 29.1 Å². The van der Waals surface area contributed by atoms with Crippen LogP contribution in [0, 0.1) is 0 Å². The maximum atomic E-state index is 12.4. The van der Waals surface area contributed by atoms with E-state index in [1.54, 1.807) is 6.08 Å². The van der Waals surface area contributed by atoms with Crippen molar-refractivity contribution in [3.8, 4) is 0 Å². The van der Waals surface area contributed by atoms with Gasteiger partial charge in [0.15, 0.2) is 0 Å². The number of benzene rings is 1. The minimum atomic E-state index is 0.183. The summed E-state index contributed by atoms with van der Waals surface area (Å²) in [5.41, 5.74) is 2.17. The van der Waals surface area contributed by atoms with Crippen molar-refractivity contribution in [3.05, 3.63) is 71.5 Å². The molecular formula is C20H25ClN2O. The second-order valence-corrected chi connectivity index (χ2v) is 6.29. The van der Waals surface area contributed by atoms with Gasteiger partial charge in [-0.2, -0.15) is 0 Å². The molecule has 0 aliphatic carbocycles. The fourth-order valence-electron chi connectivity index (χ4n) is 2.65. The van der Waals surface area contributed by atoms with Crippen LogP contribution < -0.4 is 0 Å². The van der Waals surface area contributed by atoms with Gasteiger partial charge in [0.05, 0.1) is 6.54 Å². The van der Waals surface area contributed by atoms with Crippen LogP contribution in [0.4, 0.5) is 0 Å². The highest BCUT2D eigenvalue weighted by molar-refractivity contribution is 6.31. The zero-order chi connectivity index (χ0) is 17.4. The standard InChI is InChI=1S/C20H25ClN2O/c1-3-5-12-20(24)23(13-4-2)16-18-10-8-14-22(18)15-17-9-6-7-11-19(17)21/h4,6-11,14H,2-3,5,12-13,15-16H2,1H3. The van der Waals surface area contributed by atoms with Crippen LogP contribution in [0.25, 0.3) is 0 Å². The van der Waals surface area contributed by atoms with Crippen molar-refractivity contribution in [1.82, 2.24) is 9.47 Å². The Hall–Kier alpha value is -2.00. The molecule has 2 rings (SSSR count). The lowest BCUT2D eigenvalue weighted by Crippen LogP contribution is -2.31. The first-order chi connectivity index (χ1) is 11.7. The lowest BCUT2D eigenvalue weighted by molar-refractivity contribution is -0.131. The van der Waals surface area contributed by atoms with Crippen LogP contribution in [0.1, 0.15) is 37.4 Å². The van der Waals surface area contributed by atoms with Crippen LogP contribution in [0.2, 0.25) is 5.02 Å². The maximum Gasteiger partial charge on any atom is 0.223 e. The second-order valence-electron chi connectivity index (χ2n) is 5.89. The molecule has 128 valence electrons. The third-order valence-corrected chi connectivity index (χ3v) is 4.39. The monoisotopic (exact) mass is 344 g/mol. The number of halogens is 1. The van der Waals surface area contributed by atoms with Gasteiger partial charge in [-0.3, -0.25) is 4.79 Å². The van der Waals surface area contributed by atoms with E-state index >= 15 is 0 Å². The summed E-state index contributed by atoms with van der Waals surface area (Å²) < 4.78 is 2.14. The van der Waals surface area contributed by atoms with Crippen LogP contribution in [0.5, 0.6) is 0 Å². The largest absolute Gasteiger partial charge is 0.345 e. The first-order valence-corrected chi connectivity index (χ1v) is 8.79. The minimum absolute atomic E-state index is 0.183. The molecule has 0 fully saturated rings. The molecular weight excluding hydrogens is 320 g/mol. The minimum Gasteiger partial charge on any atom is -0.345 e. The molecule has 1 aromatic carbocycles. The highest BCUT2D eigenvalue weighted by atomic mass is 35.5. The number of carbonyl (C=O) groups excluding carboxylic acids is 1. The van der Waals surface area contributed by atoms with E-state index in [0.29, 0.717) is 26.1 Å². The Balaban J connectivity index is 2.11. The predicted molar refractivity (Wildman–Crippen MR) is 100 cm³/mol. The molecule has 0 saturated heterocycles. The van der Waals surface area contributed by atoms with Crippen LogP contribution in [-0.4, -0.2) is 21.9 Å². The molecule has 0 atom stereocenters. The van der Waals surface area contributed by atoms with Gasteiger partial charge in [0.25, 0.3) is 0 Å². The van der Waals surface area contributed by atoms with E-state index < -0.39 is 0 Å². The van der Waals surface area contributed by atoms with Gasteiger partial charge in [0, 0.05) is 36.4 Å². The van der Waals surface area contributed by atoms with Crippen molar-refractivity contribution in [2.75, 3.05) is 6.54 Å². The average Bonchev–Trinajstić information content (AvgIpc) is 3.01. The van der Waals surface area contributed by atoms with E-state index in [4.69, 9.17) is 11.6 Å². The van der Waals surface area contributed by atoms with Gasteiger partial charge >= 0.3 is 0 Å². The Labute approximate surface area is 149 Å². The number of nitrogens with zero attached hydrogens (tertiary/aromatic N) is 2. The molecule has 0 aliphatic heterocycles. The lowest BCUT2D eigenvalue weighted by atomic mass is 10.2. The smallest absolute Gasteiger partial charge is 0.223 e. The first-order valence-electron chi connectivity index (χ1n) is 8.41. The van der Waals surface area contributed by atoms with Gasteiger partial charge in [0.2, 0.25) is 5.91 Å². The third kappa shape index (κ3) is 5.00. The Morgan fingerprint density at radius 1 is 1.29 bits per heavy atom. The Morgan fingerprint density at radius 2 is 2.08 bits per heavy atom. The first kappa shape index (κ1) is 18.3. The fraction of sp³-hybridized carbons (Fsp3) is 0.350. The molecule has 0 spiro atoms. The molecule has 0 N–H and O–H groups in total. The summed E-state index contributed by atoms with van der Waals surface area (Å²) in [6.07, 6.45) is 6.35. The summed E-state index contributed by atoms with van der Waals surface area (Å²) in [5.74, 6) is 0.183. The SMILES string of the molecule is C=CCN(Cc1cccn1Cc1ccccc1Cl)C(=O)CCCC. The van der Waals surface area contributed by atoms with Crippen LogP contribution >= 0.6 is 11.6 Å². The number of aromatic nitrogens is 1. The third-order valence-electron chi connectivity index (χ3n) is 4.02. The van der Waals surface area contributed by atoms with E-state index in [9.17, 15) is 4.79 Å². The number of hydrogen-bond donors (Lipinski definition) is 0. The summed E-state index contributed by atoms with van der Waals surface area (Å²) in [5, 5.41) is 0.763. The molecule has 2 aromatic rings. The van der Waals surface area contributed by atoms with Crippen molar-refractivity contribution < 1.29 is 4.79 Å². The number of hydrogen-bond acceptors (Lipinski definition) is 1. The normalized spacial score (nSPS) is 10.6. The van der Waals surface area contributed by atoms with Gasteiger partial charge in [-0.25, -0.2) is 0 Å². The van der Waals surface area contributed by atoms with E-state index in [1.807, 2.05) is 41.4 Å². The molecule has 0 radical (unpaired) electrons. The highest BCUT2D eigenvalue weighted by Crippen LogP contribution is 2.18. The molecule has 0 aliphatic rings. The van der Waals surface area contributed by atoms with Crippen LogP contribution in [-0.2, 0) is 17.9 Å². The molecule has 1 heterocycles. The summed E-state index contributed by atoms with van der Waals surface area (Å²) in [7, 11) is 0. The number of carbonyl (C=O) groups is 1. The predicted octanol–water partition coefficient (Wildman–Crippen LogP) is 4.89. The topological polar surface area (TPSA) is 25.2 Å². The Morgan fingerprint density at radius 3 is 2.79 bits per heavy atom. The maximum absolute atomic E-state index is 12.4. The van der Waals surface area contributed by atoms with E-state index in [-0.39, 0.29) is 5.91 Å². The number of unbranched alkanes of at least 4 members (excludes halogenated alkanes) is 1. The van der Waals surface area contributed by atoms with Crippen molar-refractivity contribution in [2.45, 2.75) is 39.3 Å². The molecule has 0 bridgehead atoms. The zero-order valence-corrected chi connectivity index (χ0v) is 15.0. The molecule has 1 aromatic heterocycles. The van der Waals surface area contributed by atoms with Crippen LogP contribution in [0.15, 0.2) is 55.3 Å². The van der Waals surface area contributed by atoms with Gasteiger partial charge in [-0.05, 0) is 30.2 Å². The van der Waals surface area contributed by atoms with Crippen LogP contribution in [0.3, 0.4) is 0 Å². The van der Waals surface area contributed by atoms with Gasteiger partial charge < -0.3 is 9.47 Å². The molecule has 4 heteroatoms. The molecule has 0 unspecified atom stereocenters. The fourth-order valence-corrected chi connectivity index (χ4v) is 2.84. The molecule has 1 amide bonds. The van der Waals surface area contributed by atoms with Crippen molar-refractivity contribution in [3.63, 3.8) is 0 Å². The molecule has 24 heavy (non-hydrogen) atoms. The Kier molecular flexibility index (Phi) is 7.13. The summed E-state index contributed by atoms with van der Waals surface area (Å²) in [6.45, 7) is 7.73. The quantitative estimate of drug-likeness (QED) is 0.594. The number of rotatable bonds is 9. The summed E-state index contributed by atoms with van der Waals surface area (Å²) >= 11 is 6.27. The van der Waals surface area contributed by atoms with E-state index in [1.165, 1.54) is 0 Å². The summed E-state index contributed by atoms with van der Waals surface area (Å²) in [4.78, 5) is 14.3. The highest BCUT2D eigenvalue weighted by Gasteiger charge is 2.14. The van der Waals surface area contributed by atoms with Crippen molar-refractivity contribution in [2.24, 2.45) is 0 Å². The average molecular weight is 345 g/mol. The molecule has 0 saturated carbocycles. The van der Waals surface area contributed by atoms with Gasteiger partial charge in [-0.1, -0.05) is 49.2 Å². The molecule has 3 nitrogen and oxygen atoms in total.